The van der Waals surface area contributed by atoms with Gasteiger partial charge in [-0.25, -0.2) is 0 Å². The van der Waals surface area contributed by atoms with Crippen LogP contribution in [0.3, 0.4) is 0 Å². The molecule has 0 bridgehead atoms. The molecule has 1 N–H and O–H groups in total. The molecule has 23 heavy (non-hydrogen) atoms. The van der Waals surface area contributed by atoms with E-state index >= 15 is 0 Å². The number of aliphatic hydroxyl groups is 1. The number of ether oxygens (including phenoxy) is 1. The second kappa shape index (κ2) is 5.66. The Hall–Kier alpha value is -1.84. The molecule has 3 nitrogen and oxygen atoms in total. The minimum atomic E-state index is -0.478. The van der Waals surface area contributed by atoms with Crippen molar-refractivity contribution < 1.29 is 9.84 Å². The quantitative estimate of drug-likeness (QED) is 0.878. The molecule has 2 aromatic rings. The van der Waals surface area contributed by atoms with Gasteiger partial charge in [-0.3, -0.25) is 4.90 Å². The Balaban J connectivity index is 1.73. The standard InChI is InChI=1S/C20H23NO2/c1-13-9-14(2)19-18(10-13)23-12-17(22)20(19)21-8-7-15-5-3-4-6-16(15)11-21/h3-6,9-10,17,20,22H,7-8,11-12H2,1-2H3. The van der Waals surface area contributed by atoms with Crippen LogP contribution in [0.25, 0.3) is 0 Å². The van der Waals surface area contributed by atoms with Crippen molar-refractivity contribution in [2.75, 3.05) is 13.2 Å². The van der Waals surface area contributed by atoms with Crippen LogP contribution < -0.4 is 4.74 Å². The summed E-state index contributed by atoms with van der Waals surface area (Å²) in [6, 6.07) is 12.9. The summed E-state index contributed by atoms with van der Waals surface area (Å²) in [5, 5.41) is 10.6. The molecule has 4 rings (SSSR count). The second-order valence-corrected chi connectivity index (χ2v) is 6.81. The van der Waals surface area contributed by atoms with Gasteiger partial charge < -0.3 is 9.84 Å². The van der Waals surface area contributed by atoms with Crippen molar-refractivity contribution >= 4 is 0 Å². The molecule has 2 heterocycles. The highest BCUT2D eigenvalue weighted by molar-refractivity contribution is 5.47. The average Bonchev–Trinajstić information content (AvgIpc) is 2.55. The lowest BCUT2D eigenvalue weighted by molar-refractivity contribution is -0.00589. The molecule has 0 radical (unpaired) electrons. The van der Waals surface area contributed by atoms with Crippen LogP contribution in [0.1, 0.15) is 33.9 Å². The third-order valence-corrected chi connectivity index (χ3v) is 5.12. The van der Waals surface area contributed by atoms with Gasteiger partial charge in [0.25, 0.3) is 0 Å². The molecule has 0 fully saturated rings. The molecule has 0 saturated heterocycles. The summed E-state index contributed by atoms with van der Waals surface area (Å²) in [6.07, 6.45) is 0.565. The van der Waals surface area contributed by atoms with Gasteiger partial charge in [0, 0.05) is 18.7 Å². The Morgan fingerprint density at radius 1 is 1.13 bits per heavy atom. The van der Waals surface area contributed by atoms with E-state index < -0.39 is 6.10 Å². The van der Waals surface area contributed by atoms with Gasteiger partial charge in [-0.05, 0) is 48.6 Å². The molecule has 0 spiro atoms. The van der Waals surface area contributed by atoms with Gasteiger partial charge in [-0.1, -0.05) is 30.3 Å². The Morgan fingerprint density at radius 2 is 1.91 bits per heavy atom. The summed E-state index contributed by atoms with van der Waals surface area (Å²) in [5.41, 5.74) is 6.40. The third-order valence-electron chi connectivity index (χ3n) is 5.12. The van der Waals surface area contributed by atoms with E-state index in [2.05, 4.69) is 55.1 Å². The molecule has 0 aliphatic carbocycles. The minimum Gasteiger partial charge on any atom is -0.490 e. The van der Waals surface area contributed by atoms with Crippen LogP contribution in [0, 0.1) is 13.8 Å². The van der Waals surface area contributed by atoms with Gasteiger partial charge in [-0.2, -0.15) is 0 Å². The van der Waals surface area contributed by atoms with E-state index in [1.807, 2.05) is 0 Å². The van der Waals surface area contributed by atoms with Crippen molar-refractivity contribution in [2.45, 2.75) is 39.0 Å². The SMILES string of the molecule is Cc1cc(C)c2c(c1)OCC(O)C2N1CCc2ccccc2C1. The minimum absolute atomic E-state index is 0.0210. The first-order valence-corrected chi connectivity index (χ1v) is 8.36. The molecule has 2 aliphatic heterocycles. The Kier molecular flexibility index (Phi) is 3.63. The number of hydrogen-bond acceptors (Lipinski definition) is 3. The van der Waals surface area contributed by atoms with Crippen molar-refractivity contribution in [3.8, 4) is 5.75 Å². The fourth-order valence-corrected chi connectivity index (χ4v) is 4.08. The molecule has 0 aromatic heterocycles. The predicted octanol–water partition coefficient (Wildman–Crippen LogP) is 3.16. The fraction of sp³-hybridized carbons (Fsp3) is 0.400. The van der Waals surface area contributed by atoms with Gasteiger partial charge in [0.1, 0.15) is 18.5 Å². The number of aliphatic hydroxyl groups excluding tert-OH is 1. The molecule has 0 saturated carbocycles. The van der Waals surface area contributed by atoms with E-state index in [1.54, 1.807) is 0 Å². The summed E-state index contributed by atoms with van der Waals surface area (Å²) < 4.78 is 5.81. The second-order valence-electron chi connectivity index (χ2n) is 6.81. The first kappa shape index (κ1) is 14.7. The number of nitrogens with zero attached hydrogens (tertiary/aromatic N) is 1. The normalized spacial score (nSPS) is 23.8. The first-order chi connectivity index (χ1) is 11.1. The number of fused-ring (bicyclic) bond motifs is 2. The lowest BCUT2D eigenvalue weighted by atomic mass is 9.89. The van der Waals surface area contributed by atoms with E-state index in [4.69, 9.17) is 4.74 Å². The van der Waals surface area contributed by atoms with E-state index in [9.17, 15) is 5.11 Å². The molecule has 2 aliphatic rings. The zero-order valence-corrected chi connectivity index (χ0v) is 13.7. The highest BCUT2D eigenvalue weighted by atomic mass is 16.5. The Labute approximate surface area is 137 Å². The zero-order valence-electron chi connectivity index (χ0n) is 13.7. The lowest BCUT2D eigenvalue weighted by Gasteiger charge is -2.41. The fourth-order valence-electron chi connectivity index (χ4n) is 4.08. The first-order valence-electron chi connectivity index (χ1n) is 8.36. The van der Waals surface area contributed by atoms with E-state index in [0.29, 0.717) is 6.61 Å². The van der Waals surface area contributed by atoms with E-state index in [1.165, 1.54) is 22.3 Å². The van der Waals surface area contributed by atoms with Gasteiger partial charge in [0.2, 0.25) is 0 Å². The average molecular weight is 309 g/mol. The smallest absolute Gasteiger partial charge is 0.124 e. The highest BCUT2D eigenvalue weighted by Crippen LogP contribution is 2.40. The summed E-state index contributed by atoms with van der Waals surface area (Å²) in [4.78, 5) is 2.41. The molecule has 120 valence electrons. The van der Waals surface area contributed by atoms with Gasteiger partial charge >= 0.3 is 0 Å². The third kappa shape index (κ3) is 2.54. The number of benzene rings is 2. The Morgan fingerprint density at radius 3 is 2.74 bits per heavy atom. The van der Waals surface area contributed by atoms with Crippen LogP contribution in [-0.4, -0.2) is 29.3 Å². The topological polar surface area (TPSA) is 32.7 Å². The van der Waals surface area contributed by atoms with Crippen molar-refractivity contribution in [1.29, 1.82) is 0 Å². The number of hydrogen-bond donors (Lipinski definition) is 1. The van der Waals surface area contributed by atoms with Crippen LogP contribution in [0.2, 0.25) is 0 Å². The van der Waals surface area contributed by atoms with Crippen molar-refractivity contribution in [3.63, 3.8) is 0 Å². The molecular formula is C20H23NO2. The lowest BCUT2D eigenvalue weighted by Crippen LogP contribution is -2.44. The van der Waals surface area contributed by atoms with Crippen molar-refractivity contribution in [3.05, 3.63) is 64.2 Å². The van der Waals surface area contributed by atoms with Crippen LogP contribution in [0.15, 0.2) is 36.4 Å². The van der Waals surface area contributed by atoms with Gasteiger partial charge in [0.15, 0.2) is 0 Å². The molecule has 2 aromatic carbocycles. The van der Waals surface area contributed by atoms with Gasteiger partial charge in [0.05, 0.1) is 6.04 Å². The molecule has 3 heteroatoms. The van der Waals surface area contributed by atoms with Crippen LogP contribution in [-0.2, 0) is 13.0 Å². The summed E-state index contributed by atoms with van der Waals surface area (Å²) >= 11 is 0. The van der Waals surface area contributed by atoms with Crippen molar-refractivity contribution in [2.24, 2.45) is 0 Å². The van der Waals surface area contributed by atoms with Crippen LogP contribution >= 0.6 is 0 Å². The maximum absolute atomic E-state index is 10.6. The monoisotopic (exact) mass is 309 g/mol. The molecule has 2 unspecified atom stereocenters. The van der Waals surface area contributed by atoms with E-state index in [-0.39, 0.29) is 6.04 Å². The maximum Gasteiger partial charge on any atom is 0.124 e. The van der Waals surface area contributed by atoms with Crippen LogP contribution in [0.5, 0.6) is 5.75 Å². The van der Waals surface area contributed by atoms with Gasteiger partial charge in [-0.15, -0.1) is 0 Å². The summed E-state index contributed by atoms with van der Waals surface area (Å²) in [5.74, 6) is 0.941. The molecule has 2 atom stereocenters. The zero-order chi connectivity index (χ0) is 16.0. The van der Waals surface area contributed by atoms with Crippen molar-refractivity contribution in [1.82, 2.24) is 4.90 Å². The summed E-state index contributed by atoms with van der Waals surface area (Å²) in [6.45, 7) is 6.46. The molecular weight excluding hydrogens is 286 g/mol. The summed E-state index contributed by atoms with van der Waals surface area (Å²) in [7, 11) is 0. The molecule has 0 amide bonds. The van der Waals surface area contributed by atoms with Crippen LogP contribution in [0.4, 0.5) is 0 Å². The number of rotatable bonds is 1. The predicted molar refractivity (Wildman–Crippen MR) is 90.7 cm³/mol. The highest BCUT2D eigenvalue weighted by Gasteiger charge is 2.36. The Bertz CT molecular complexity index is 740. The maximum atomic E-state index is 10.6. The largest absolute Gasteiger partial charge is 0.490 e. The van der Waals surface area contributed by atoms with E-state index in [0.717, 1.165) is 30.8 Å². The number of aryl methyl sites for hydroxylation is 2.